The van der Waals surface area contributed by atoms with Crippen LogP contribution in [0.3, 0.4) is 0 Å². The largest absolute Gasteiger partial charge is 0.396 e. The summed E-state index contributed by atoms with van der Waals surface area (Å²) in [5.74, 6) is -0.663. The lowest BCUT2D eigenvalue weighted by atomic mass is 9.70. The number of halogens is 1. The van der Waals surface area contributed by atoms with Crippen molar-refractivity contribution >= 4 is 5.91 Å². The standard InChI is InChI=1S/C22H24FNO2/c1-15-6-5-9-18(20(15)23)21(26)24-17-10-11-19(24)22(13-17,14-25)12-16-7-3-2-4-8-16/h2-9,17,19,25H,10-14H2,1H3/t17-,19+,22-/m0/s1. The lowest BCUT2D eigenvalue weighted by molar-refractivity contribution is 0.0567. The first kappa shape index (κ1) is 17.2. The maximum atomic E-state index is 14.5. The van der Waals surface area contributed by atoms with Gasteiger partial charge in [-0.05, 0) is 49.8 Å². The molecule has 2 aromatic carbocycles. The van der Waals surface area contributed by atoms with Gasteiger partial charge in [-0.3, -0.25) is 4.79 Å². The highest BCUT2D eigenvalue weighted by molar-refractivity contribution is 5.95. The van der Waals surface area contributed by atoms with Gasteiger partial charge in [-0.25, -0.2) is 4.39 Å². The van der Waals surface area contributed by atoms with Crippen molar-refractivity contribution in [1.82, 2.24) is 4.90 Å². The van der Waals surface area contributed by atoms with Gasteiger partial charge in [0.05, 0.1) is 12.2 Å². The van der Waals surface area contributed by atoms with Crippen LogP contribution in [0, 0.1) is 18.2 Å². The third-order valence-electron chi connectivity index (χ3n) is 6.22. The van der Waals surface area contributed by atoms with Crippen LogP contribution >= 0.6 is 0 Å². The molecule has 1 amide bonds. The van der Waals surface area contributed by atoms with Crippen molar-refractivity contribution in [3.8, 4) is 0 Å². The summed E-state index contributed by atoms with van der Waals surface area (Å²) in [5, 5.41) is 10.3. The third kappa shape index (κ3) is 2.64. The number of hydrogen-bond donors (Lipinski definition) is 1. The Bertz CT molecular complexity index is 822. The van der Waals surface area contributed by atoms with Gasteiger partial charge in [0.1, 0.15) is 5.82 Å². The van der Waals surface area contributed by atoms with E-state index in [4.69, 9.17) is 0 Å². The molecule has 3 nitrogen and oxygen atoms in total. The van der Waals surface area contributed by atoms with Crippen molar-refractivity contribution in [2.24, 2.45) is 5.41 Å². The number of aryl methyl sites for hydroxylation is 1. The number of aliphatic hydroxyl groups excluding tert-OH is 1. The second kappa shape index (κ2) is 6.51. The maximum absolute atomic E-state index is 14.5. The summed E-state index contributed by atoms with van der Waals surface area (Å²) in [7, 11) is 0. The minimum atomic E-state index is -0.429. The van der Waals surface area contributed by atoms with Gasteiger partial charge in [-0.2, -0.15) is 0 Å². The molecule has 2 fully saturated rings. The quantitative estimate of drug-likeness (QED) is 0.910. The number of aliphatic hydroxyl groups is 1. The Morgan fingerprint density at radius 1 is 1.19 bits per heavy atom. The average Bonchev–Trinajstić information content (AvgIpc) is 3.20. The molecular formula is C22H24FNO2. The van der Waals surface area contributed by atoms with E-state index < -0.39 is 5.82 Å². The summed E-state index contributed by atoms with van der Waals surface area (Å²) in [4.78, 5) is 15.0. The Morgan fingerprint density at radius 2 is 1.96 bits per heavy atom. The molecule has 1 N–H and O–H groups in total. The smallest absolute Gasteiger partial charge is 0.257 e. The summed E-state index contributed by atoms with van der Waals surface area (Å²) in [6.45, 7) is 1.72. The second-order valence-corrected chi connectivity index (χ2v) is 7.78. The van der Waals surface area contributed by atoms with E-state index in [1.165, 1.54) is 5.56 Å². The van der Waals surface area contributed by atoms with Gasteiger partial charge in [0.15, 0.2) is 0 Å². The fourth-order valence-electron chi connectivity index (χ4n) is 4.97. The first-order valence-corrected chi connectivity index (χ1v) is 9.28. The number of nitrogens with zero attached hydrogens (tertiary/aromatic N) is 1. The van der Waals surface area contributed by atoms with Crippen LogP contribution in [-0.2, 0) is 6.42 Å². The predicted octanol–water partition coefficient (Wildman–Crippen LogP) is 3.73. The van der Waals surface area contributed by atoms with Crippen molar-refractivity contribution in [2.45, 2.75) is 44.7 Å². The predicted molar refractivity (Wildman–Crippen MR) is 98.4 cm³/mol. The van der Waals surface area contributed by atoms with Gasteiger partial charge < -0.3 is 10.0 Å². The summed E-state index contributed by atoms with van der Waals surface area (Å²) in [6.07, 6.45) is 3.32. The Hall–Kier alpha value is -2.20. The van der Waals surface area contributed by atoms with Gasteiger partial charge >= 0.3 is 0 Å². The molecular weight excluding hydrogens is 329 g/mol. The van der Waals surface area contributed by atoms with Gasteiger partial charge in [0.25, 0.3) is 5.91 Å². The monoisotopic (exact) mass is 353 g/mol. The summed E-state index contributed by atoms with van der Waals surface area (Å²) < 4.78 is 14.5. The molecule has 2 aliphatic rings. The van der Waals surface area contributed by atoms with E-state index in [2.05, 4.69) is 12.1 Å². The number of carbonyl (C=O) groups excluding carboxylic acids is 1. The third-order valence-corrected chi connectivity index (χ3v) is 6.22. The van der Waals surface area contributed by atoms with Crippen molar-refractivity contribution in [3.05, 3.63) is 71.0 Å². The van der Waals surface area contributed by atoms with E-state index >= 15 is 0 Å². The highest BCUT2D eigenvalue weighted by Crippen LogP contribution is 2.51. The van der Waals surface area contributed by atoms with E-state index in [-0.39, 0.29) is 35.6 Å². The molecule has 0 saturated carbocycles. The van der Waals surface area contributed by atoms with Crippen LogP contribution in [0.15, 0.2) is 48.5 Å². The van der Waals surface area contributed by atoms with Gasteiger partial charge in [-0.15, -0.1) is 0 Å². The zero-order chi connectivity index (χ0) is 18.3. The van der Waals surface area contributed by atoms with Crippen molar-refractivity contribution < 1.29 is 14.3 Å². The van der Waals surface area contributed by atoms with E-state index in [1.807, 2.05) is 23.1 Å². The fraction of sp³-hybridized carbons (Fsp3) is 0.409. The van der Waals surface area contributed by atoms with Crippen LogP contribution in [0.5, 0.6) is 0 Å². The van der Waals surface area contributed by atoms with Crippen LogP contribution in [0.4, 0.5) is 4.39 Å². The number of carbonyl (C=O) groups is 1. The Morgan fingerprint density at radius 3 is 2.69 bits per heavy atom. The van der Waals surface area contributed by atoms with Crippen LogP contribution < -0.4 is 0 Å². The van der Waals surface area contributed by atoms with Crippen LogP contribution in [0.25, 0.3) is 0 Å². The van der Waals surface area contributed by atoms with Gasteiger partial charge in [0, 0.05) is 17.5 Å². The summed E-state index contributed by atoms with van der Waals surface area (Å²) in [5.41, 5.74) is 1.47. The molecule has 0 aromatic heterocycles. The fourth-order valence-corrected chi connectivity index (χ4v) is 4.97. The molecule has 2 bridgehead atoms. The Labute approximate surface area is 153 Å². The molecule has 0 aliphatic carbocycles. The molecule has 2 heterocycles. The molecule has 26 heavy (non-hydrogen) atoms. The minimum absolute atomic E-state index is 0.0369. The van der Waals surface area contributed by atoms with Crippen LogP contribution in [-0.4, -0.2) is 34.6 Å². The molecule has 2 saturated heterocycles. The van der Waals surface area contributed by atoms with Crippen molar-refractivity contribution in [2.75, 3.05) is 6.61 Å². The van der Waals surface area contributed by atoms with E-state index in [0.717, 1.165) is 25.7 Å². The Kier molecular flexibility index (Phi) is 4.31. The zero-order valence-corrected chi connectivity index (χ0v) is 15.0. The van der Waals surface area contributed by atoms with Gasteiger partial charge in [-0.1, -0.05) is 42.5 Å². The number of rotatable bonds is 4. The SMILES string of the molecule is Cc1cccc(C(=O)N2[C@H]3CC[C@@H]2[C@@](CO)(Cc2ccccc2)C3)c1F. The second-order valence-electron chi connectivity index (χ2n) is 7.78. The first-order valence-electron chi connectivity index (χ1n) is 9.28. The topological polar surface area (TPSA) is 40.5 Å². The summed E-state index contributed by atoms with van der Waals surface area (Å²) >= 11 is 0. The molecule has 4 heteroatoms. The van der Waals surface area contributed by atoms with Crippen molar-refractivity contribution in [1.29, 1.82) is 0 Å². The van der Waals surface area contributed by atoms with E-state index in [0.29, 0.717) is 5.56 Å². The van der Waals surface area contributed by atoms with Gasteiger partial charge in [0.2, 0.25) is 0 Å². The highest BCUT2D eigenvalue weighted by atomic mass is 19.1. The maximum Gasteiger partial charge on any atom is 0.257 e. The first-order chi connectivity index (χ1) is 12.6. The molecule has 0 spiro atoms. The summed E-state index contributed by atoms with van der Waals surface area (Å²) in [6, 6.07) is 15.1. The molecule has 2 aromatic rings. The van der Waals surface area contributed by atoms with E-state index in [1.54, 1.807) is 25.1 Å². The number of fused-ring (bicyclic) bond motifs is 2. The molecule has 0 radical (unpaired) electrons. The average molecular weight is 353 g/mol. The van der Waals surface area contributed by atoms with E-state index in [9.17, 15) is 14.3 Å². The lowest BCUT2D eigenvalue weighted by Crippen LogP contribution is -2.44. The number of hydrogen-bond acceptors (Lipinski definition) is 2. The lowest BCUT2D eigenvalue weighted by Gasteiger charge is -2.36. The zero-order valence-electron chi connectivity index (χ0n) is 15.0. The number of amides is 1. The highest BCUT2D eigenvalue weighted by Gasteiger charge is 2.57. The van der Waals surface area contributed by atoms with Crippen LogP contribution in [0.1, 0.15) is 40.7 Å². The minimum Gasteiger partial charge on any atom is -0.396 e. The normalized spacial score (nSPS) is 27.1. The van der Waals surface area contributed by atoms with Crippen LogP contribution in [0.2, 0.25) is 0 Å². The van der Waals surface area contributed by atoms with Crippen molar-refractivity contribution in [3.63, 3.8) is 0 Å². The molecule has 2 aliphatic heterocycles. The molecule has 3 atom stereocenters. The molecule has 4 rings (SSSR count). The Balaban J connectivity index is 1.65. The molecule has 136 valence electrons. The molecule has 0 unspecified atom stereocenters. The number of benzene rings is 2.